The number of nitrogens with one attached hydrogen (secondary N) is 1. The highest BCUT2D eigenvalue weighted by Gasteiger charge is 2.20. The van der Waals surface area contributed by atoms with Crippen LogP contribution in [0.2, 0.25) is 0 Å². The third-order valence-electron chi connectivity index (χ3n) is 4.17. The number of rotatable bonds is 10. The SMILES string of the molecule is CCCCC(CC)COc1cc(CNC2CC2)cc(C)n1. The summed E-state index contributed by atoms with van der Waals surface area (Å²) in [6.07, 6.45) is 7.64. The second kappa shape index (κ2) is 8.38. The maximum Gasteiger partial charge on any atom is 0.213 e. The highest BCUT2D eigenvalue weighted by molar-refractivity contribution is 5.24. The average Bonchev–Trinajstić information content (AvgIpc) is 3.29. The minimum absolute atomic E-state index is 0.653. The van der Waals surface area contributed by atoms with Crippen molar-refractivity contribution in [3.8, 4) is 5.88 Å². The Morgan fingerprint density at radius 1 is 1.33 bits per heavy atom. The number of aromatic nitrogens is 1. The van der Waals surface area contributed by atoms with Gasteiger partial charge in [-0.25, -0.2) is 4.98 Å². The van der Waals surface area contributed by atoms with E-state index < -0.39 is 0 Å². The molecule has 1 atom stereocenters. The van der Waals surface area contributed by atoms with Crippen molar-refractivity contribution in [2.45, 2.75) is 71.9 Å². The molecular formula is C18H30N2O. The fraction of sp³-hybridized carbons (Fsp3) is 0.722. The van der Waals surface area contributed by atoms with Gasteiger partial charge < -0.3 is 10.1 Å². The number of hydrogen-bond donors (Lipinski definition) is 1. The molecule has 3 heteroatoms. The fourth-order valence-corrected chi connectivity index (χ4v) is 2.53. The van der Waals surface area contributed by atoms with Gasteiger partial charge in [-0.05, 0) is 43.7 Å². The molecule has 1 aliphatic carbocycles. The summed E-state index contributed by atoms with van der Waals surface area (Å²) >= 11 is 0. The van der Waals surface area contributed by atoms with Crippen molar-refractivity contribution in [2.75, 3.05) is 6.61 Å². The summed E-state index contributed by atoms with van der Waals surface area (Å²) in [6.45, 7) is 8.26. The van der Waals surface area contributed by atoms with Crippen molar-refractivity contribution >= 4 is 0 Å². The molecule has 0 radical (unpaired) electrons. The summed E-state index contributed by atoms with van der Waals surface area (Å²) in [5.41, 5.74) is 2.33. The number of ether oxygens (including phenoxy) is 1. The minimum Gasteiger partial charge on any atom is -0.477 e. The van der Waals surface area contributed by atoms with Gasteiger partial charge in [-0.3, -0.25) is 0 Å². The Hall–Kier alpha value is -1.09. The lowest BCUT2D eigenvalue weighted by atomic mass is 10.0. The van der Waals surface area contributed by atoms with Gasteiger partial charge in [-0.15, -0.1) is 0 Å². The van der Waals surface area contributed by atoms with E-state index in [-0.39, 0.29) is 0 Å². The highest BCUT2D eigenvalue weighted by Crippen LogP contribution is 2.21. The largest absolute Gasteiger partial charge is 0.477 e. The Labute approximate surface area is 129 Å². The van der Waals surface area contributed by atoms with E-state index in [1.165, 1.54) is 44.1 Å². The van der Waals surface area contributed by atoms with E-state index >= 15 is 0 Å². The standard InChI is InChI=1S/C18H30N2O/c1-4-6-7-15(5-2)13-21-18-11-16(10-14(3)20-18)12-19-17-8-9-17/h10-11,15,17,19H,4-9,12-13H2,1-3H3. The number of unbranched alkanes of at least 4 members (excludes halogenated alkanes) is 1. The molecule has 0 aliphatic heterocycles. The van der Waals surface area contributed by atoms with Crippen LogP contribution in [0.3, 0.4) is 0 Å². The number of pyridine rings is 1. The maximum absolute atomic E-state index is 5.96. The topological polar surface area (TPSA) is 34.1 Å². The monoisotopic (exact) mass is 290 g/mol. The molecule has 0 amide bonds. The summed E-state index contributed by atoms with van der Waals surface area (Å²) in [7, 11) is 0. The van der Waals surface area contributed by atoms with Gasteiger partial charge in [0.05, 0.1) is 6.61 Å². The Morgan fingerprint density at radius 3 is 2.81 bits per heavy atom. The van der Waals surface area contributed by atoms with Crippen LogP contribution in [-0.4, -0.2) is 17.6 Å². The van der Waals surface area contributed by atoms with Crippen LogP contribution >= 0.6 is 0 Å². The van der Waals surface area contributed by atoms with Gasteiger partial charge in [0, 0.05) is 24.3 Å². The van der Waals surface area contributed by atoms with Gasteiger partial charge in [0.25, 0.3) is 0 Å². The van der Waals surface area contributed by atoms with E-state index in [4.69, 9.17) is 4.74 Å². The molecule has 3 nitrogen and oxygen atoms in total. The Kier molecular flexibility index (Phi) is 6.50. The van der Waals surface area contributed by atoms with Crippen LogP contribution in [-0.2, 0) is 6.54 Å². The molecule has 1 aromatic rings. The summed E-state index contributed by atoms with van der Waals surface area (Å²) in [4.78, 5) is 4.51. The summed E-state index contributed by atoms with van der Waals surface area (Å²) in [6, 6.07) is 4.98. The highest BCUT2D eigenvalue weighted by atomic mass is 16.5. The normalized spacial score (nSPS) is 16.0. The minimum atomic E-state index is 0.653. The van der Waals surface area contributed by atoms with Crippen LogP contribution in [0.25, 0.3) is 0 Å². The van der Waals surface area contributed by atoms with Crippen LogP contribution < -0.4 is 10.1 Å². The van der Waals surface area contributed by atoms with E-state index in [1.54, 1.807) is 0 Å². The maximum atomic E-state index is 5.96. The van der Waals surface area contributed by atoms with Crippen molar-refractivity contribution in [3.63, 3.8) is 0 Å². The molecule has 1 saturated carbocycles. The molecule has 1 heterocycles. The number of nitrogens with zero attached hydrogens (tertiary/aromatic N) is 1. The Bertz CT molecular complexity index is 429. The molecule has 118 valence electrons. The molecule has 1 aliphatic rings. The van der Waals surface area contributed by atoms with Crippen molar-refractivity contribution in [1.29, 1.82) is 0 Å². The second-order valence-corrected chi connectivity index (χ2v) is 6.34. The van der Waals surface area contributed by atoms with Crippen molar-refractivity contribution in [1.82, 2.24) is 10.3 Å². The molecule has 1 aromatic heterocycles. The van der Waals surface area contributed by atoms with Gasteiger partial charge in [0.15, 0.2) is 0 Å². The summed E-state index contributed by atoms with van der Waals surface area (Å²) < 4.78 is 5.96. The predicted molar refractivity (Wildman–Crippen MR) is 87.6 cm³/mol. The molecule has 1 fully saturated rings. The van der Waals surface area contributed by atoms with E-state index in [0.29, 0.717) is 5.92 Å². The first-order valence-corrected chi connectivity index (χ1v) is 8.55. The quantitative estimate of drug-likeness (QED) is 0.700. The molecule has 0 spiro atoms. The average molecular weight is 290 g/mol. The van der Waals surface area contributed by atoms with Crippen LogP contribution in [0.15, 0.2) is 12.1 Å². The molecule has 0 bridgehead atoms. The van der Waals surface area contributed by atoms with Gasteiger partial charge in [0.2, 0.25) is 5.88 Å². The Balaban J connectivity index is 1.85. The lowest BCUT2D eigenvalue weighted by Gasteiger charge is -2.16. The molecule has 0 saturated heterocycles. The van der Waals surface area contributed by atoms with Crippen molar-refractivity contribution in [2.24, 2.45) is 5.92 Å². The number of aryl methyl sites for hydroxylation is 1. The van der Waals surface area contributed by atoms with Gasteiger partial charge >= 0.3 is 0 Å². The van der Waals surface area contributed by atoms with Gasteiger partial charge in [-0.1, -0.05) is 33.1 Å². The van der Waals surface area contributed by atoms with E-state index in [1.807, 2.05) is 6.92 Å². The smallest absolute Gasteiger partial charge is 0.213 e. The molecular weight excluding hydrogens is 260 g/mol. The first-order valence-electron chi connectivity index (χ1n) is 8.55. The first kappa shape index (κ1) is 16.3. The van der Waals surface area contributed by atoms with Gasteiger partial charge in [-0.2, -0.15) is 0 Å². The van der Waals surface area contributed by atoms with E-state index in [2.05, 4.69) is 36.3 Å². The zero-order valence-electron chi connectivity index (χ0n) is 13.8. The molecule has 1 N–H and O–H groups in total. The van der Waals surface area contributed by atoms with Crippen LogP contribution in [0.1, 0.15) is 63.6 Å². The zero-order chi connectivity index (χ0) is 15.1. The van der Waals surface area contributed by atoms with Crippen molar-refractivity contribution < 1.29 is 4.74 Å². The molecule has 0 aromatic carbocycles. The van der Waals surface area contributed by atoms with Crippen LogP contribution in [0.4, 0.5) is 0 Å². The van der Waals surface area contributed by atoms with Gasteiger partial charge in [0.1, 0.15) is 0 Å². The van der Waals surface area contributed by atoms with Crippen LogP contribution in [0.5, 0.6) is 5.88 Å². The number of hydrogen-bond acceptors (Lipinski definition) is 3. The second-order valence-electron chi connectivity index (χ2n) is 6.34. The molecule has 2 rings (SSSR count). The third-order valence-corrected chi connectivity index (χ3v) is 4.17. The third kappa shape index (κ3) is 6.04. The Morgan fingerprint density at radius 2 is 2.14 bits per heavy atom. The van der Waals surface area contributed by atoms with Crippen molar-refractivity contribution in [3.05, 3.63) is 23.4 Å². The molecule has 1 unspecified atom stereocenters. The fourth-order valence-electron chi connectivity index (χ4n) is 2.53. The predicted octanol–water partition coefficient (Wildman–Crippen LogP) is 4.24. The lowest BCUT2D eigenvalue weighted by molar-refractivity contribution is 0.225. The van der Waals surface area contributed by atoms with Crippen LogP contribution in [0, 0.1) is 12.8 Å². The molecule has 21 heavy (non-hydrogen) atoms. The summed E-state index contributed by atoms with van der Waals surface area (Å²) in [5, 5.41) is 3.55. The summed E-state index contributed by atoms with van der Waals surface area (Å²) in [5.74, 6) is 1.44. The lowest BCUT2D eigenvalue weighted by Crippen LogP contribution is -2.16. The zero-order valence-corrected chi connectivity index (χ0v) is 13.8. The first-order chi connectivity index (χ1) is 10.2. The van der Waals surface area contributed by atoms with E-state index in [9.17, 15) is 0 Å². The van der Waals surface area contributed by atoms with E-state index in [0.717, 1.165) is 30.8 Å².